The van der Waals surface area contributed by atoms with Gasteiger partial charge < -0.3 is 14.2 Å². The quantitative estimate of drug-likeness (QED) is 0.359. The molecule has 1 aliphatic carbocycles. The molecule has 0 saturated heterocycles. The number of thiazole rings is 1. The number of carbonyl (C=O) groups is 1. The van der Waals surface area contributed by atoms with Crippen molar-refractivity contribution < 1.29 is 19.6 Å². The van der Waals surface area contributed by atoms with Gasteiger partial charge in [-0.1, -0.05) is 0 Å². The number of aromatic nitrogens is 1. The first kappa shape index (κ1) is 17.7. The van der Waals surface area contributed by atoms with Crippen LogP contribution in [-0.2, 0) is 4.79 Å². The number of hydrogen-bond acceptors (Lipinski definition) is 5. The number of nitrogens with zero attached hydrogens (tertiary/aromatic N) is 2. The van der Waals surface area contributed by atoms with E-state index in [2.05, 4.69) is 10.5 Å². The van der Waals surface area contributed by atoms with Crippen molar-refractivity contribution in [1.82, 2.24) is 4.40 Å². The fourth-order valence-electron chi connectivity index (χ4n) is 3.41. The van der Waals surface area contributed by atoms with Crippen molar-refractivity contribution in [2.75, 3.05) is 6.61 Å². The lowest BCUT2D eigenvalue weighted by Crippen LogP contribution is -2.22. The largest absolute Gasteiger partial charge is 0.492 e. The Kier molecular flexibility index (Phi) is 3.85. The molecule has 2 aromatic carbocycles. The second-order valence-electron chi connectivity index (χ2n) is 7.35. The van der Waals surface area contributed by atoms with Gasteiger partial charge in [0.05, 0.1) is 15.1 Å². The first-order valence-electron chi connectivity index (χ1n) is 9.11. The Morgan fingerprint density at radius 1 is 1.17 bits per heavy atom. The molecule has 0 aliphatic heterocycles. The zero-order chi connectivity index (χ0) is 20.2. The van der Waals surface area contributed by atoms with Crippen LogP contribution >= 0.6 is 11.3 Å². The molecule has 0 spiro atoms. The molecule has 2 aromatic heterocycles. The van der Waals surface area contributed by atoms with E-state index >= 15 is 0 Å². The fourth-order valence-corrected chi connectivity index (χ4v) is 4.52. The monoisotopic (exact) mass is 408 g/mol. The van der Waals surface area contributed by atoms with Gasteiger partial charge in [-0.2, -0.15) is 0 Å². The maximum atomic E-state index is 11.3. The van der Waals surface area contributed by atoms with Gasteiger partial charge in [0.1, 0.15) is 22.6 Å². The first-order valence-corrected chi connectivity index (χ1v) is 9.93. The molecule has 0 bridgehead atoms. The average molecular weight is 408 g/mol. The maximum Gasteiger partial charge on any atom is 0.313 e. The molecule has 29 heavy (non-hydrogen) atoms. The fraction of sp³-hybridized carbons (Fsp3) is 0.190. The highest BCUT2D eigenvalue weighted by Gasteiger charge is 2.51. The third kappa shape index (κ3) is 3.01. The van der Waals surface area contributed by atoms with E-state index in [1.807, 2.05) is 24.4 Å². The molecule has 7 nitrogen and oxygen atoms in total. The van der Waals surface area contributed by atoms with Gasteiger partial charge in [0.15, 0.2) is 0 Å². The van der Waals surface area contributed by atoms with Crippen molar-refractivity contribution in [3.8, 4) is 16.9 Å². The van der Waals surface area contributed by atoms with E-state index in [1.54, 1.807) is 23.5 Å². The summed E-state index contributed by atoms with van der Waals surface area (Å²) in [7, 11) is 0. The van der Waals surface area contributed by atoms with E-state index in [0.29, 0.717) is 18.6 Å². The van der Waals surface area contributed by atoms with E-state index in [9.17, 15) is 20.0 Å². The number of rotatable bonds is 6. The molecule has 146 valence electrons. The molecule has 0 unspecified atom stereocenters. The van der Waals surface area contributed by atoms with E-state index in [4.69, 9.17) is 4.74 Å². The van der Waals surface area contributed by atoms with Crippen LogP contribution in [0, 0.1) is 15.5 Å². The summed E-state index contributed by atoms with van der Waals surface area (Å²) in [5, 5.41) is 20.1. The Hall–Kier alpha value is -3.39. The SMILES string of the molecule is O=C(O)C1(COc2ccc3c(c2)sc2cc(-c4ccc([N+](=O)[O-])cc4)cn23)CC1. The summed E-state index contributed by atoms with van der Waals surface area (Å²) >= 11 is 1.61. The van der Waals surface area contributed by atoms with Gasteiger partial charge in [0.2, 0.25) is 0 Å². The van der Waals surface area contributed by atoms with Crippen molar-refractivity contribution in [2.45, 2.75) is 12.8 Å². The molecule has 0 radical (unpaired) electrons. The molecule has 1 aliphatic rings. The van der Waals surface area contributed by atoms with Crippen LogP contribution in [0.1, 0.15) is 12.8 Å². The van der Waals surface area contributed by atoms with Gasteiger partial charge in [0.25, 0.3) is 5.69 Å². The molecule has 1 fully saturated rings. The number of hydrogen-bond donors (Lipinski definition) is 1. The van der Waals surface area contributed by atoms with Gasteiger partial charge in [-0.05, 0) is 54.8 Å². The molecular weight excluding hydrogens is 392 g/mol. The number of ether oxygens (including phenoxy) is 1. The minimum atomic E-state index is -0.789. The molecule has 1 saturated carbocycles. The highest BCUT2D eigenvalue weighted by Crippen LogP contribution is 2.46. The summed E-state index contributed by atoms with van der Waals surface area (Å²) in [5.74, 6) is -0.118. The molecule has 0 amide bonds. The first-order chi connectivity index (χ1) is 13.9. The van der Waals surface area contributed by atoms with E-state index in [1.165, 1.54) is 12.1 Å². The van der Waals surface area contributed by atoms with Crippen LogP contribution in [0.4, 0.5) is 5.69 Å². The molecule has 4 aromatic rings. The Morgan fingerprint density at radius 2 is 1.93 bits per heavy atom. The van der Waals surface area contributed by atoms with E-state index < -0.39 is 16.3 Å². The number of nitro benzene ring substituents is 1. The van der Waals surface area contributed by atoms with Crippen LogP contribution in [0.25, 0.3) is 26.2 Å². The number of carboxylic acids is 1. The van der Waals surface area contributed by atoms with Gasteiger partial charge in [-0.3, -0.25) is 14.9 Å². The van der Waals surface area contributed by atoms with Crippen molar-refractivity contribution in [3.05, 3.63) is 64.8 Å². The number of benzene rings is 2. The summed E-state index contributed by atoms with van der Waals surface area (Å²) in [6.07, 6.45) is 3.34. The average Bonchev–Trinajstić information content (AvgIpc) is 3.29. The predicted octanol–water partition coefficient (Wildman–Crippen LogP) is 4.97. The van der Waals surface area contributed by atoms with E-state index in [-0.39, 0.29) is 12.3 Å². The Labute approximate surface area is 168 Å². The third-order valence-electron chi connectivity index (χ3n) is 5.42. The summed E-state index contributed by atoms with van der Waals surface area (Å²) < 4.78 is 8.89. The van der Waals surface area contributed by atoms with Crippen LogP contribution in [0.15, 0.2) is 54.7 Å². The second kappa shape index (κ2) is 6.31. The molecule has 8 heteroatoms. The highest BCUT2D eigenvalue weighted by atomic mass is 32.1. The molecule has 0 atom stereocenters. The Balaban J connectivity index is 1.42. The van der Waals surface area contributed by atoms with Crippen molar-refractivity contribution in [2.24, 2.45) is 5.41 Å². The zero-order valence-corrected chi connectivity index (χ0v) is 16.0. The zero-order valence-electron chi connectivity index (χ0n) is 15.2. The standard InChI is InChI=1S/C21H16N2O5S/c24-20(25)21(7-8-21)12-28-16-5-6-17-18(10-16)29-19-9-14(11-22(17)19)13-1-3-15(4-2-13)23(26)27/h1-6,9-11H,7-8,12H2,(H,24,25). The minimum Gasteiger partial charge on any atom is -0.492 e. The van der Waals surface area contributed by atoms with Gasteiger partial charge >= 0.3 is 5.97 Å². The van der Waals surface area contributed by atoms with E-state index in [0.717, 1.165) is 26.2 Å². The third-order valence-corrected chi connectivity index (χ3v) is 6.49. The number of fused-ring (bicyclic) bond motifs is 3. The Morgan fingerprint density at radius 3 is 2.59 bits per heavy atom. The lowest BCUT2D eigenvalue weighted by Gasteiger charge is -2.11. The van der Waals surface area contributed by atoms with Crippen LogP contribution in [0.3, 0.4) is 0 Å². The minimum absolute atomic E-state index is 0.0728. The van der Waals surface area contributed by atoms with Gasteiger partial charge in [-0.25, -0.2) is 0 Å². The normalized spacial score (nSPS) is 14.9. The Bertz CT molecular complexity index is 1270. The highest BCUT2D eigenvalue weighted by molar-refractivity contribution is 7.24. The lowest BCUT2D eigenvalue weighted by molar-refractivity contribution is -0.384. The van der Waals surface area contributed by atoms with Crippen molar-refractivity contribution >= 4 is 38.0 Å². The number of carboxylic acid groups (broad SMARTS) is 1. The van der Waals surface area contributed by atoms with Crippen LogP contribution in [0.5, 0.6) is 5.75 Å². The van der Waals surface area contributed by atoms with Gasteiger partial charge in [-0.15, -0.1) is 11.3 Å². The number of non-ortho nitro benzene ring substituents is 1. The predicted molar refractivity (Wildman–Crippen MR) is 110 cm³/mol. The number of aliphatic carboxylic acids is 1. The smallest absolute Gasteiger partial charge is 0.313 e. The lowest BCUT2D eigenvalue weighted by atomic mass is 10.1. The van der Waals surface area contributed by atoms with Crippen LogP contribution in [-0.4, -0.2) is 27.0 Å². The summed E-state index contributed by atoms with van der Waals surface area (Å²) in [6, 6.07) is 14.3. The molecular formula is C21H16N2O5S. The number of nitro groups is 1. The molecule has 1 N–H and O–H groups in total. The van der Waals surface area contributed by atoms with Crippen molar-refractivity contribution in [1.29, 1.82) is 0 Å². The summed E-state index contributed by atoms with van der Waals surface area (Å²) in [5.41, 5.74) is 2.30. The topological polar surface area (TPSA) is 94.1 Å². The maximum absolute atomic E-state index is 11.3. The second-order valence-corrected chi connectivity index (χ2v) is 8.41. The van der Waals surface area contributed by atoms with Crippen LogP contribution in [0.2, 0.25) is 0 Å². The summed E-state index contributed by atoms with van der Waals surface area (Å²) in [6.45, 7) is 0.197. The van der Waals surface area contributed by atoms with Crippen LogP contribution < -0.4 is 4.74 Å². The van der Waals surface area contributed by atoms with Crippen molar-refractivity contribution in [3.63, 3.8) is 0 Å². The van der Waals surface area contributed by atoms with Gasteiger partial charge in [0, 0.05) is 23.9 Å². The summed E-state index contributed by atoms with van der Waals surface area (Å²) in [4.78, 5) is 22.8. The molecule has 2 heterocycles. The molecule has 5 rings (SSSR count).